The SMILES string of the molecule is Cc1cc(/C=C/C(=O)c2ccc(Oc3ccccc3)cc2)cc(C)c1O. The van der Waals surface area contributed by atoms with E-state index < -0.39 is 0 Å². The molecular weight excluding hydrogens is 324 g/mol. The molecule has 26 heavy (non-hydrogen) atoms. The van der Waals surface area contributed by atoms with Gasteiger partial charge in [0.05, 0.1) is 0 Å². The van der Waals surface area contributed by atoms with Gasteiger partial charge in [0.1, 0.15) is 17.2 Å². The summed E-state index contributed by atoms with van der Waals surface area (Å²) in [6, 6.07) is 20.3. The number of ketones is 1. The molecular formula is C23H20O3. The Balaban J connectivity index is 1.70. The second-order valence-electron chi connectivity index (χ2n) is 6.14. The van der Waals surface area contributed by atoms with Crippen molar-refractivity contribution < 1.29 is 14.6 Å². The van der Waals surface area contributed by atoms with Gasteiger partial charge in [-0.15, -0.1) is 0 Å². The van der Waals surface area contributed by atoms with Crippen LogP contribution < -0.4 is 4.74 Å². The molecule has 0 aliphatic rings. The van der Waals surface area contributed by atoms with Crippen LogP contribution in [-0.4, -0.2) is 10.9 Å². The highest BCUT2D eigenvalue weighted by atomic mass is 16.5. The zero-order valence-electron chi connectivity index (χ0n) is 14.8. The Labute approximate surface area is 153 Å². The van der Waals surface area contributed by atoms with Crippen LogP contribution in [0.2, 0.25) is 0 Å². The second kappa shape index (κ2) is 7.70. The number of ether oxygens (including phenoxy) is 1. The lowest BCUT2D eigenvalue weighted by atomic mass is 10.0. The van der Waals surface area contributed by atoms with E-state index in [0.717, 1.165) is 22.4 Å². The molecule has 0 aliphatic carbocycles. The van der Waals surface area contributed by atoms with Gasteiger partial charge in [0.2, 0.25) is 0 Å². The van der Waals surface area contributed by atoms with Crippen LogP contribution in [-0.2, 0) is 0 Å². The van der Waals surface area contributed by atoms with Gasteiger partial charge in [-0.3, -0.25) is 4.79 Å². The first-order chi connectivity index (χ1) is 12.5. The summed E-state index contributed by atoms with van der Waals surface area (Å²) in [6.07, 6.45) is 3.30. The van der Waals surface area contributed by atoms with E-state index in [1.165, 1.54) is 0 Å². The fourth-order valence-corrected chi connectivity index (χ4v) is 2.67. The van der Waals surface area contributed by atoms with Gasteiger partial charge < -0.3 is 9.84 Å². The van der Waals surface area contributed by atoms with Crippen LogP contribution in [0.5, 0.6) is 17.2 Å². The van der Waals surface area contributed by atoms with Crippen molar-refractivity contribution in [1.29, 1.82) is 0 Å². The van der Waals surface area contributed by atoms with E-state index in [1.807, 2.05) is 56.3 Å². The first-order valence-corrected chi connectivity index (χ1v) is 8.38. The Morgan fingerprint density at radius 1 is 0.885 bits per heavy atom. The molecule has 0 aliphatic heterocycles. The number of benzene rings is 3. The number of carbonyl (C=O) groups excluding carboxylic acids is 1. The summed E-state index contributed by atoms with van der Waals surface area (Å²) >= 11 is 0. The Morgan fingerprint density at radius 2 is 1.46 bits per heavy atom. The van der Waals surface area contributed by atoms with Gasteiger partial charge in [0, 0.05) is 5.56 Å². The van der Waals surface area contributed by atoms with Crippen molar-refractivity contribution in [3.63, 3.8) is 0 Å². The molecule has 3 rings (SSSR count). The zero-order chi connectivity index (χ0) is 18.5. The highest BCUT2D eigenvalue weighted by Crippen LogP contribution is 2.24. The summed E-state index contributed by atoms with van der Waals surface area (Å²) in [5.41, 5.74) is 3.06. The zero-order valence-corrected chi connectivity index (χ0v) is 14.8. The van der Waals surface area contributed by atoms with Crippen molar-refractivity contribution in [3.05, 3.63) is 95.1 Å². The van der Waals surface area contributed by atoms with E-state index in [4.69, 9.17) is 4.74 Å². The first kappa shape index (κ1) is 17.5. The van der Waals surface area contributed by atoms with E-state index in [9.17, 15) is 9.90 Å². The number of carbonyl (C=O) groups is 1. The first-order valence-electron chi connectivity index (χ1n) is 8.38. The molecule has 1 N–H and O–H groups in total. The molecule has 0 spiro atoms. The number of phenols is 1. The lowest BCUT2D eigenvalue weighted by Crippen LogP contribution is -1.94. The Kier molecular flexibility index (Phi) is 5.18. The monoisotopic (exact) mass is 344 g/mol. The van der Waals surface area contributed by atoms with Crippen molar-refractivity contribution >= 4 is 11.9 Å². The standard InChI is InChI=1S/C23H20O3/c1-16-14-18(15-17(2)23(16)25)8-13-22(24)19-9-11-21(12-10-19)26-20-6-4-3-5-7-20/h3-15,25H,1-2H3/b13-8+. The molecule has 0 saturated carbocycles. The summed E-state index contributed by atoms with van der Waals surface area (Å²) in [4.78, 5) is 12.3. The maximum absolute atomic E-state index is 12.3. The third-order valence-electron chi connectivity index (χ3n) is 4.06. The average Bonchev–Trinajstić information content (AvgIpc) is 2.65. The molecule has 3 nitrogen and oxygen atoms in total. The molecule has 3 aromatic carbocycles. The normalized spacial score (nSPS) is 10.8. The number of allylic oxidation sites excluding steroid dienone is 1. The largest absolute Gasteiger partial charge is 0.507 e. The summed E-state index contributed by atoms with van der Waals surface area (Å²) in [5.74, 6) is 1.65. The Bertz CT molecular complexity index is 916. The number of hydrogen-bond acceptors (Lipinski definition) is 3. The molecule has 0 heterocycles. The third kappa shape index (κ3) is 4.19. The van der Waals surface area contributed by atoms with E-state index >= 15 is 0 Å². The Hall–Kier alpha value is -3.33. The van der Waals surface area contributed by atoms with Gasteiger partial charge in [-0.1, -0.05) is 24.3 Å². The summed E-state index contributed by atoms with van der Waals surface area (Å²) in [7, 11) is 0. The molecule has 0 saturated heterocycles. The van der Waals surface area contributed by atoms with Gasteiger partial charge >= 0.3 is 0 Å². The van der Waals surface area contributed by atoms with Crippen molar-refractivity contribution in [2.45, 2.75) is 13.8 Å². The fraction of sp³-hybridized carbons (Fsp3) is 0.0870. The lowest BCUT2D eigenvalue weighted by Gasteiger charge is -2.06. The average molecular weight is 344 g/mol. The summed E-state index contributed by atoms with van der Waals surface area (Å²) < 4.78 is 5.73. The number of hydrogen-bond donors (Lipinski definition) is 1. The number of aromatic hydroxyl groups is 1. The molecule has 0 unspecified atom stereocenters. The lowest BCUT2D eigenvalue weighted by molar-refractivity contribution is 0.104. The molecule has 3 heteroatoms. The van der Waals surface area contributed by atoms with Crippen LogP contribution >= 0.6 is 0 Å². The minimum atomic E-state index is -0.0837. The molecule has 130 valence electrons. The van der Waals surface area contributed by atoms with Gasteiger partial charge in [-0.05, 0) is 85.1 Å². The fourth-order valence-electron chi connectivity index (χ4n) is 2.67. The number of para-hydroxylation sites is 1. The van der Waals surface area contributed by atoms with Crippen LogP contribution in [0, 0.1) is 13.8 Å². The molecule has 3 aromatic rings. The van der Waals surface area contributed by atoms with Crippen LogP contribution in [0.15, 0.2) is 72.8 Å². The molecule has 0 amide bonds. The van der Waals surface area contributed by atoms with Gasteiger partial charge in [-0.2, -0.15) is 0 Å². The van der Waals surface area contributed by atoms with Gasteiger partial charge in [0.15, 0.2) is 5.78 Å². The molecule has 0 radical (unpaired) electrons. The van der Waals surface area contributed by atoms with Crippen molar-refractivity contribution in [2.75, 3.05) is 0 Å². The van der Waals surface area contributed by atoms with E-state index in [2.05, 4.69) is 0 Å². The number of rotatable bonds is 5. The minimum Gasteiger partial charge on any atom is -0.507 e. The van der Waals surface area contributed by atoms with Crippen molar-refractivity contribution in [1.82, 2.24) is 0 Å². The predicted molar refractivity (Wildman–Crippen MR) is 104 cm³/mol. The van der Waals surface area contributed by atoms with Crippen LogP contribution in [0.25, 0.3) is 6.08 Å². The minimum absolute atomic E-state index is 0.0837. The van der Waals surface area contributed by atoms with Crippen LogP contribution in [0.1, 0.15) is 27.0 Å². The molecule has 0 fully saturated rings. The van der Waals surface area contributed by atoms with E-state index in [0.29, 0.717) is 17.1 Å². The maximum atomic E-state index is 12.3. The van der Waals surface area contributed by atoms with Gasteiger partial charge in [0.25, 0.3) is 0 Å². The summed E-state index contributed by atoms with van der Waals surface area (Å²) in [5, 5.41) is 9.81. The van der Waals surface area contributed by atoms with Crippen LogP contribution in [0.3, 0.4) is 0 Å². The predicted octanol–water partition coefficient (Wildman–Crippen LogP) is 5.70. The number of phenolic OH excluding ortho intramolecular Hbond substituents is 1. The van der Waals surface area contributed by atoms with Crippen LogP contribution in [0.4, 0.5) is 0 Å². The maximum Gasteiger partial charge on any atom is 0.185 e. The topological polar surface area (TPSA) is 46.5 Å². The second-order valence-corrected chi connectivity index (χ2v) is 6.14. The Morgan fingerprint density at radius 3 is 2.08 bits per heavy atom. The van der Waals surface area contributed by atoms with Crippen molar-refractivity contribution in [2.24, 2.45) is 0 Å². The van der Waals surface area contributed by atoms with Crippen molar-refractivity contribution in [3.8, 4) is 17.2 Å². The van der Waals surface area contributed by atoms with E-state index in [-0.39, 0.29) is 5.78 Å². The third-order valence-corrected chi connectivity index (χ3v) is 4.06. The quantitative estimate of drug-likeness (QED) is 0.477. The van der Waals surface area contributed by atoms with Gasteiger partial charge in [-0.25, -0.2) is 0 Å². The molecule has 0 bridgehead atoms. The highest BCUT2D eigenvalue weighted by Gasteiger charge is 2.05. The highest BCUT2D eigenvalue weighted by molar-refractivity contribution is 6.06. The summed E-state index contributed by atoms with van der Waals surface area (Å²) in [6.45, 7) is 3.68. The van der Waals surface area contributed by atoms with E-state index in [1.54, 1.807) is 36.4 Å². The number of aryl methyl sites for hydroxylation is 2. The molecule has 0 aromatic heterocycles. The molecule has 0 atom stereocenters. The smallest absolute Gasteiger partial charge is 0.185 e.